The normalized spacial score (nSPS) is 16.1. The maximum absolute atomic E-state index is 4.74. The van der Waals surface area contributed by atoms with Crippen molar-refractivity contribution in [2.45, 2.75) is 46.6 Å². The second kappa shape index (κ2) is 8.31. The SMILES string of the molecule is Cc1cc(C)cc(Nc2ncc(C)c(Nc3ccc4c(c3)CCN(CC3CC3)C4)n2)c1. The maximum atomic E-state index is 4.74. The molecule has 0 saturated heterocycles. The molecule has 0 radical (unpaired) electrons. The van der Waals surface area contributed by atoms with Crippen LogP contribution in [-0.2, 0) is 13.0 Å². The first-order valence-electron chi connectivity index (χ1n) is 11.3. The quantitative estimate of drug-likeness (QED) is 0.546. The van der Waals surface area contributed by atoms with Gasteiger partial charge in [-0.05, 0) is 92.5 Å². The molecule has 0 atom stereocenters. The van der Waals surface area contributed by atoms with Crippen LogP contribution in [0, 0.1) is 26.7 Å². The number of aryl methyl sites for hydroxylation is 3. The summed E-state index contributed by atoms with van der Waals surface area (Å²) < 4.78 is 0. The van der Waals surface area contributed by atoms with Gasteiger partial charge in [0.25, 0.3) is 0 Å². The largest absolute Gasteiger partial charge is 0.340 e. The Kier molecular flexibility index (Phi) is 5.36. The zero-order valence-electron chi connectivity index (χ0n) is 18.7. The van der Waals surface area contributed by atoms with Gasteiger partial charge in [-0.3, -0.25) is 4.90 Å². The van der Waals surface area contributed by atoms with E-state index in [2.05, 4.69) is 70.8 Å². The van der Waals surface area contributed by atoms with Gasteiger partial charge in [0.1, 0.15) is 5.82 Å². The molecule has 5 rings (SSSR count). The summed E-state index contributed by atoms with van der Waals surface area (Å²) in [6, 6.07) is 13.1. The van der Waals surface area contributed by atoms with Crippen molar-refractivity contribution in [1.29, 1.82) is 0 Å². The molecule has 0 bridgehead atoms. The van der Waals surface area contributed by atoms with Crippen LogP contribution < -0.4 is 10.6 Å². The molecule has 1 aromatic heterocycles. The predicted octanol–water partition coefficient (Wildman–Crippen LogP) is 5.66. The first kappa shape index (κ1) is 20.0. The van der Waals surface area contributed by atoms with E-state index in [0.29, 0.717) is 5.95 Å². The van der Waals surface area contributed by atoms with Crippen molar-refractivity contribution in [2.75, 3.05) is 23.7 Å². The number of aromatic nitrogens is 2. The molecule has 31 heavy (non-hydrogen) atoms. The molecule has 5 heteroatoms. The lowest BCUT2D eigenvalue weighted by molar-refractivity contribution is 0.244. The summed E-state index contributed by atoms with van der Waals surface area (Å²) in [5.74, 6) is 2.40. The van der Waals surface area contributed by atoms with Gasteiger partial charge in [-0.1, -0.05) is 12.1 Å². The highest BCUT2D eigenvalue weighted by Crippen LogP contribution is 2.32. The lowest BCUT2D eigenvalue weighted by Crippen LogP contribution is -2.32. The Bertz CT molecular complexity index is 1080. The third-order valence-electron chi connectivity index (χ3n) is 6.22. The van der Waals surface area contributed by atoms with E-state index in [0.717, 1.165) is 41.6 Å². The van der Waals surface area contributed by atoms with Crippen molar-refractivity contribution in [3.63, 3.8) is 0 Å². The first-order valence-corrected chi connectivity index (χ1v) is 11.3. The van der Waals surface area contributed by atoms with E-state index in [4.69, 9.17) is 4.98 Å². The zero-order valence-corrected chi connectivity index (χ0v) is 18.7. The summed E-state index contributed by atoms with van der Waals surface area (Å²) in [5, 5.41) is 6.87. The van der Waals surface area contributed by atoms with Crippen LogP contribution in [-0.4, -0.2) is 28.0 Å². The van der Waals surface area contributed by atoms with Gasteiger partial charge >= 0.3 is 0 Å². The molecule has 1 aliphatic carbocycles. The van der Waals surface area contributed by atoms with Gasteiger partial charge in [0.15, 0.2) is 0 Å². The smallest absolute Gasteiger partial charge is 0.229 e. The van der Waals surface area contributed by atoms with E-state index in [1.807, 2.05) is 13.1 Å². The Labute approximate surface area is 184 Å². The minimum Gasteiger partial charge on any atom is -0.340 e. The number of anilines is 4. The maximum Gasteiger partial charge on any atom is 0.229 e. The number of nitrogens with zero attached hydrogens (tertiary/aromatic N) is 3. The molecule has 2 N–H and O–H groups in total. The van der Waals surface area contributed by atoms with Crippen molar-refractivity contribution in [3.8, 4) is 0 Å². The summed E-state index contributed by atoms with van der Waals surface area (Å²) in [4.78, 5) is 11.8. The van der Waals surface area contributed by atoms with Crippen LogP contribution in [0.5, 0.6) is 0 Å². The molecule has 0 unspecified atom stereocenters. The number of rotatable bonds is 6. The van der Waals surface area contributed by atoms with E-state index in [-0.39, 0.29) is 0 Å². The average molecular weight is 414 g/mol. The number of fused-ring (bicyclic) bond motifs is 1. The predicted molar refractivity (Wildman–Crippen MR) is 127 cm³/mol. The monoisotopic (exact) mass is 413 g/mol. The highest BCUT2D eigenvalue weighted by atomic mass is 15.1. The third-order valence-corrected chi connectivity index (χ3v) is 6.22. The van der Waals surface area contributed by atoms with Crippen molar-refractivity contribution in [3.05, 3.63) is 70.4 Å². The summed E-state index contributed by atoms with van der Waals surface area (Å²) in [7, 11) is 0. The Morgan fingerprint density at radius 2 is 1.74 bits per heavy atom. The van der Waals surface area contributed by atoms with Crippen LogP contribution in [0.25, 0.3) is 0 Å². The molecule has 2 aliphatic rings. The van der Waals surface area contributed by atoms with Crippen LogP contribution >= 0.6 is 0 Å². The van der Waals surface area contributed by atoms with Gasteiger partial charge < -0.3 is 10.6 Å². The fourth-order valence-corrected chi connectivity index (χ4v) is 4.45. The van der Waals surface area contributed by atoms with Crippen molar-refractivity contribution < 1.29 is 0 Å². The molecule has 3 aromatic rings. The molecule has 1 aliphatic heterocycles. The van der Waals surface area contributed by atoms with E-state index < -0.39 is 0 Å². The van der Waals surface area contributed by atoms with E-state index in [9.17, 15) is 0 Å². The average Bonchev–Trinajstić information content (AvgIpc) is 3.54. The lowest BCUT2D eigenvalue weighted by atomic mass is 9.98. The number of hydrogen-bond donors (Lipinski definition) is 2. The van der Waals surface area contributed by atoms with Crippen LogP contribution in [0.15, 0.2) is 42.6 Å². The fraction of sp³-hybridized carbons (Fsp3) is 0.385. The summed E-state index contributed by atoms with van der Waals surface area (Å²) in [5.41, 5.74) is 8.49. The molecule has 1 saturated carbocycles. The Balaban J connectivity index is 1.31. The number of hydrogen-bond acceptors (Lipinski definition) is 5. The van der Waals surface area contributed by atoms with Gasteiger partial charge in [0.05, 0.1) is 0 Å². The van der Waals surface area contributed by atoms with Crippen LogP contribution in [0.1, 0.15) is 40.7 Å². The molecule has 2 heterocycles. The molecule has 0 spiro atoms. The molecule has 0 amide bonds. The van der Waals surface area contributed by atoms with Crippen LogP contribution in [0.3, 0.4) is 0 Å². The van der Waals surface area contributed by atoms with Gasteiger partial charge in [-0.15, -0.1) is 0 Å². The van der Waals surface area contributed by atoms with Crippen molar-refractivity contribution >= 4 is 23.1 Å². The molecule has 1 fully saturated rings. The van der Waals surface area contributed by atoms with Gasteiger partial charge in [-0.2, -0.15) is 4.98 Å². The van der Waals surface area contributed by atoms with E-state index in [1.54, 1.807) is 0 Å². The van der Waals surface area contributed by atoms with Crippen molar-refractivity contribution in [2.24, 2.45) is 5.92 Å². The van der Waals surface area contributed by atoms with Gasteiger partial charge in [0, 0.05) is 42.8 Å². The van der Waals surface area contributed by atoms with E-state index >= 15 is 0 Å². The Morgan fingerprint density at radius 3 is 2.52 bits per heavy atom. The molecular formula is C26H31N5. The summed E-state index contributed by atoms with van der Waals surface area (Å²) >= 11 is 0. The van der Waals surface area contributed by atoms with Gasteiger partial charge in [0.2, 0.25) is 5.95 Å². The first-order chi connectivity index (χ1) is 15.0. The topological polar surface area (TPSA) is 53.1 Å². The van der Waals surface area contributed by atoms with Crippen LogP contribution in [0.2, 0.25) is 0 Å². The minimum absolute atomic E-state index is 0.603. The molecular weight excluding hydrogens is 382 g/mol. The zero-order chi connectivity index (χ0) is 21.4. The molecule has 160 valence electrons. The standard InChI is InChI=1S/C26H31N5/c1-17-10-18(2)12-24(11-17)29-26-27-14-19(3)25(30-26)28-23-7-6-22-16-31(15-20-4-5-20)9-8-21(22)13-23/h6-7,10-14,20H,4-5,8-9,15-16H2,1-3H3,(H2,27,28,29,30). The highest BCUT2D eigenvalue weighted by Gasteiger charge is 2.26. The van der Waals surface area contributed by atoms with Crippen molar-refractivity contribution in [1.82, 2.24) is 14.9 Å². The molecule has 5 nitrogen and oxygen atoms in total. The minimum atomic E-state index is 0.603. The third kappa shape index (κ3) is 4.88. The van der Waals surface area contributed by atoms with Crippen LogP contribution in [0.4, 0.5) is 23.1 Å². The lowest BCUT2D eigenvalue weighted by Gasteiger charge is -2.29. The number of nitrogens with one attached hydrogen (secondary N) is 2. The number of benzene rings is 2. The second-order valence-electron chi connectivity index (χ2n) is 9.26. The Morgan fingerprint density at radius 1 is 0.935 bits per heavy atom. The Hall–Kier alpha value is -2.92. The van der Waals surface area contributed by atoms with E-state index in [1.165, 1.54) is 48.2 Å². The summed E-state index contributed by atoms with van der Waals surface area (Å²) in [6.07, 6.45) is 5.84. The second-order valence-corrected chi connectivity index (χ2v) is 9.26. The van der Waals surface area contributed by atoms with Gasteiger partial charge in [-0.25, -0.2) is 4.98 Å². The molecule has 2 aromatic carbocycles. The fourth-order valence-electron chi connectivity index (χ4n) is 4.45. The highest BCUT2D eigenvalue weighted by molar-refractivity contribution is 5.63. The summed E-state index contributed by atoms with van der Waals surface area (Å²) in [6.45, 7) is 9.77.